The number of carbonyl (C=O) groups is 2. The molecule has 6 nitrogen and oxygen atoms in total. The van der Waals surface area contributed by atoms with Crippen LogP contribution in [0, 0.1) is 0 Å². The Bertz CT molecular complexity index is 275. The van der Waals surface area contributed by atoms with Crippen LogP contribution in [0.3, 0.4) is 0 Å². The topological polar surface area (TPSA) is 98.2 Å². The van der Waals surface area contributed by atoms with Gasteiger partial charge in [-0.3, -0.25) is 4.79 Å². The van der Waals surface area contributed by atoms with E-state index in [0.717, 1.165) is 0 Å². The van der Waals surface area contributed by atoms with Crippen molar-refractivity contribution >= 4 is 12.0 Å². The standard InChI is InChI=1S/C5H5N3O3/c6-4(9)3-1-2-7-8(3)5(10)11/h1-2H,(H2,6,9)(H,10,11). The number of amides is 1. The number of hydrogen-bond acceptors (Lipinski definition) is 3. The van der Waals surface area contributed by atoms with Gasteiger partial charge in [-0.2, -0.15) is 9.78 Å². The molecule has 0 aromatic carbocycles. The summed E-state index contributed by atoms with van der Waals surface area (Å²) >= 11 is 0. The van der Waals surface area contributed by atoms with Crippen LogP contribution in [0.2, 0.25) is 0 Å². The van der Waals surface area contributed by atoms with Gasteiger partial charge in [0.15, 0.2) is 0 Å². The second-order valence-electron chi connectivity index (χ2n) is 1.78. The van der Waals surface area contributed by atoms with Gasteiger partial charge in [-0.25, -0.2) is 4.79 Å². The monoisotopic (exact) mass is 155 g/mol. The Morgan fingerprint density at radius 2 is 2.27 bits per heavy atom. The molecule has 3 N–H and O–H groups in total. The summed E-state index contributed by atoms with van der Waals surface area (Å²) in [7, 11) is 0. The minimum Gasteiger partial charge on any atom is -0.463 e. The van der Waals surface area contributed by atoms with Crippen LogP contribution in [0.1, 0.15) is 10.5 Å². The molecule has 0 saturated heterocycles. The number of rotatable bonds is 1. The molecule has 0 fully saturated rings. The molecule has 0 unspecified atom stereocenters. The van der Waals surface area contributed by atoms with E-state index in [4.69, 9.17) is 10.8 Å². The number of carboxylic acid groups (broad SMARTS) is 1. The number of carbonyl (C=O) groups excluding carboxylic acids is 1. The van der Waals surface area contributed by atoms with Crippen molar-refractivity contribution < 1.29 is 14.7 Å². The molecule has 1 rings (SSSR count). The largest absolute Gasteiger partial charge is 0.463 e. The predicted octanol–water partition coefficient (Wildman–Crippen LogP) is -0.492. The van der Waals surface area contributed by atoms with E-state index in [1.54, 1.807) is 0 Å². The highest BCUT2D eigenvalue weighted by Gasteiger charge is 2.12. The van der Waals surface area contributed by atoms with Crippen molar-refractivity contribution in [3.63, 3.8) is 0 Å². The second kappa shape index (κ2) is 2.41. The first-order valence-corrected chi connectivity index (χ1v) is 2.70. The highest BCUT2D eigenvalue weighted by atomic mass is 16.4. The minimum atomic E-state index is -1.33. The molecule has 0 radical (unpaired) electrons. The van der Waals surface area contributed by atoms with Crippen LogP contribution < -0.4 is 5.73 Å². The molecule has 0 spiro atoms. The molecule has 1 aromatic rings. The average Bonchev–Trinajstić information content (AvgIpc) is 2.32. The number of hydrogen-bond donors (Lipinski definition) is 2. The molecule has 0 bridgehead atoms. The van der Waals surface area contributed by atoms with Crippen LogP contribution >= 0.6 is 0 Å². The van der Waals surface area contributed by atoms with Crippen LogP contribution in [-0.4, -0.2) is 26.9 Å². The summed E-state index contributed by atoms with van der Waals surface area (Å²) in [5, 5.41) is 11.7. The first-order valence-electron chi connectivity index (χ1n) is 2.70. The van der Waals surface area contributed by atoms with E-state index in [1.165, 1.54) is 12.3 Å². The summed E-state index contributed by atoms with van der Waals surface area (Å²) in [6.07, 6.45) is -0.141. The van der Waals surface area contributed by atoms with Crippen molar-refractivity contribution in [3.8, 4) is 0 Å². The van der Waals surface area contributed by atoms with Crippen molar-refractivity contribution in [3.05, 3.63) is 18.0 Å². The highest BCUT2D eigenvalue weighted by molar-refractivity contribution is 5.93. The lowest BCUT2D eigenvalue weighted by Gasteiger charge is -1.94. The molecular weight excluding hydrogens is 150 g/mol. The van der Waals surface area contributed by atoms with Gasteiger partial charge in [0.25, 0.3) is 5.91 Å². The smallest absolute Gasteiger partial charge is 0.432 e. The van der Waals surface area contributed by atoms with Crippen molar-refractivity contribution in [2.75, 3.05) is 0 Å². The Morgan fingerprint density at radius 3 is 2.64 bits per heavy atom. The summed E-state index contributed by atoms with van der Waals surface area (Å²) in [6.45, 7) is 0. The molecule has 0 aliphatic rings. The molecular formula is C5H5N3O3. The lowest BCUT2D eigenvalue weighted by molar-refractivity contribution is 0.0988. The van der Waals surface area contributed by atoms with E-state index in [-0.39, 0.29) is 5.69 Å². The van der Waals surface area contributed by atoms with Crippen LogP contribution in [0.15, 0.2) is 12.3 Å². The molecule has 0 saturated carbocycles. The second-order valence-corrected chi connectivity index (χ2v) is 1.78. The Labute approximate surface area is 61.2 Å². The van der Waals surface area contributed by atoms with Gasteiger partial charge in [0, 0.05) is 0 Å². The van der Waals surface area contributed by atoms with E-state index >= 15 is 0 Å². The van der Waals surface area contributed by atoms with Gasteiger partial charge in [-0.05, 0) is 6.07 Å². The number of nitrogens with zero attached hydrogens (tertiary/aromatic N) is 2. The number of aromatic nitrogens is 2. The minimum absolute atomic E-state index is 0.141. The lowest BCUT2D eigenvalue weighted by Crippen LogP contribution is -2.21. The Morgan fingerprint density at radius 1 is 1.64 bits per heavy atom. The van der Waals surface area contributed by atoms with E-state index < -0.39 is 12.0 Å². The third-order valence-electron chi connectivity index (χ3n) is 1.08. The van der Waals surface area contributed by atoms with Gasteiger partial charge in [0.05, 0.1) is 6.20 Å². The van der Waals surface area contributed by atoms with Crippen molar-refractivity contribution in [2.24, 2.45) is 5.73 Å². The molecule has 0 aliphatic heterocycles. The SMILES string of the molecule is NC(=O)c1ccnn1C(=O)O. The van der Waals surface area contributed by atoms with Crippen molar-refractivity contribution in [1.82, 2.24) is 9.78 Å². The van der Waals surface area contributed by atoms with E-state index in [9.17, 15) is 9.59 Å². The molecule has 58 valence electrons. The number of nitrogens with two attached hydrogens (primary N) is 1. The zero-order valence-corrected chi connectivity index (χ0v) is 5.39. The maximum absolute atomic E-state index is 10.5. The van der Waals surface area contributed by atoms with Crippen LogP contribution in [0.25, 0.3) is 0 Å². The third kappa shape index (κ3) is 1.18. The van der Waals surface area contributed by atoms with Crippen LogP contribution in [-0.2, 0) is 0 Å². The fraction of sp³-hybridized carbons (Fsp3) is 0. The quantitative estimate of drug-likeness (QED) is 0.571. The van der Waals surface area contributed by atoms with Gasteiger partial charge in [-0.15, -0.1) is 0 Å². The van der Waals surface area contributed by atoms with Crippen LogP contribution in [0.4, 0.5) is 4.79 Å². The van der Waals surface area contributed by atoms with Gasteiger partial charge >= 0.3 is 6.09 Å². The van der Waals surface area contributed by atoms with Crippen molar-refractivity contribution in [1.29, 1.82) is 0 Å². The summed E-state index contributed by atoms with van der Waals surface area (Å²) in [6, 6.07) is 1.23. The molecule has 6 heteroatoms. The fourth-order valence-electron chi connectivity index (χ4n) is 0.642. The normalized spacial score (nSPS) is 9.45. The molecule has 1 heterocycles. The van der Waals surface area contributed by atoms with E-state index in [1.807, 2.05) is 0 Å². The Hall–Kier alpha value is -1.85. The summed E-state index contributed by atoms with van der Waals surface area (Å²) in [5.74, 6) is -0.815. The van der Waals surface area contributed by atoms with Gasteiger partial charge < -0.3 is 10.8 Å². The summed E-state index contributed by atoms with van der Waals surface area (Å²) in [5.41, 5.74) is 4.69. The summed E-state index contributed by atoms with van der Waals surface area (Å²) < 4.78 is 0.516. The average molecular weight is 155 g/mol. The Kier molecular flexibility index (Phi) is 1.59. The maximum Gasteiger partial charge on any atom is 0.432 e. The summed E-state index contributed by atoms with van der Waals surface area (Å²) in [4.78, 5) is 20.8. The first kappa shape index (κ1) is 7.26. The molecule has 1 aromatic heterocycles. The zero-order chi connectivity index (χ0) is 8.43. The lowest BCUT2D eigenvalue weighted by atomic mass is 10.4. The highest BCUT2D eigenvalue weighted by Crippen LogP contribution is 1.95. The fourth-order valence-corrected chi connectivity index (χ4v) is 0.642. The zero-order valence-electron chi connectivity index (χ0n) is 5.39. The molecule has 1 amide bonds. The van der Waals surface area contributed by atoms with E-state index in [2.05, 4.69) is 5.10 Å². The molecule has 11 heavy (non-hydrogen) atoms. The van der Waals surface area contributed by atoms with Gasteiger partial charge in [0.2, 0.25) is 0 Å². The van der Waals surface area contributed by atoms with Gasteiger partial charge in [-0.1, -0.05) is 0 Å². The van der Waals surface area contributed by atoms with E-state index in [0.29, 0.717) is 4.68 Å². The molecule has 0 atom stereocenters. The van der Waals surface area contributed by atoms with Crippen molar-refractivity contribution in [2.45, 2.75) is 0 Å². The third-order valence-corrected chi connectivity index (χ3v) is 1.08. The van der Waals surface area contributed by atoms with Gasteiger partial charge in [0.1, 0.15) is 5.69 Å². The van der Waals surface area contributed by atoms with Crippen LogP contribution in [0.5, 0.6) is 0 Å². The predicted molar refractivity (Wildman–Crippen MR) is 34.2 cm³/mol. The Balaban J connectivity index is 3.16. The number of primary amides is 1. The first-order chi connectivity index (χ1) is 5.13. The molecule has 0 aliphatic carbocycles. The maximum atomic E-state index is 10.5.